The van der Waals surface area contributed by atoms with Gasteiger partial charge in [0.1, 0.15) is 0 Å². The van der Waals surface area contributed by atoms with Crippen LogP contribution in [0.3, 0.4) is 0 Å². The molecule has 0 fully saturated rings. The van der Waals surface area contributed by atoms with Gasteiger partial charge in [0.05, 0.1) is 7.11 Å². The maximum absolute atomic E-state index is 13.5. The molecular weight excluding hydrogens is 241 g/mol. The Balaban J connectivity index is 2.33. The first-order chi connectivity index (χ1) is 9.02. The van der Waals surface area contributed by atoms with Crippen molar-refractivity contribution in [3.63, 3.8) is 0 Å². The van der Waals surface area contributed by atoms with Crippen LogP contribution in [0.1, 0.15) is 45.6 Å². The van der Waals surface area contributed by atoms with Gasteiger partial charge in [-0.25, -0.2) is 4.39 Å². The molecule has 1 atom stereocenters. The Morgan fingerprint density at radius 1 is 1.21 bits per heavy atom. The van der Waals surface area contributed by atoms with Gasteiger partial charge in [0.25, 0.3) is 0 Å². The second-order valence-corrected chi connectivity index (χ2v) is 5.58. The van der Waals surface area contributed by atoms with Gasteiger partial charge in [0.15, 0.2) is 11.6 Å². The van der Waals surface area contributed by atoms with E-state index < -0.39 is 0 Å². The SMILES string of the molecule is COc1ccc(CNC(C)CCCC(C)C)cc1F. The molecule has 1 rings (SSSR count). The monoisotopic (exact) mass is 267 g/mol. The van der Waals surface area contributed by atoms with Crippen molar-refractivity contribution in [3.8, 4) is 5.75 Å². The summed E-state index contributed by atoms with van der Waals surface area (Å²) in [4.78, 5) is 0. The first kappa shape index (κ1) is 16.0. The van der Waals surface area contributed by atoms with Gasteiger partial charge in [0.2, 0.25) is 0 Å². The van der Waals surface area contributed by atoms with E-state index in [2.05, 4.69) is 26.1 Å². The molecule has 0 spiro atoms. The predicted molar refractivity (Wildman–Crippen MR) is 77.9 cm³/mol. The molecule has 1 aromatic rings. The van der Waals surface area contributed by atoms with E-state index in [-0.39, 0.29) is 5.82 Å². The average molecular weight is 267 g/mol. The molecule has 0 aromatic heterocycles. The average Bonchev–Trinajstić information content (AvgIpc) is 2.36. The third-order valence-electron chi connectivity index (χ3n) is 3.29. The molecule has 0 saturated heterocycles. The molecule has 1 unspecified atom stereocenters. The Bertz CT molecular complexity index is 379. The van der Waals surface area contributed by atoms with Crippen molar-refractivity contribution in [2.75, 3.05) is 7.11 Å². The van der Waals surface area contributed by atoms with Crippen LogP contribution in [0.5, 0.6) is 5.75 Å². The van der Waals surface area contributed by atoms with Gasteiger partial charge >= 0.3 is 0 Å². The normalized spacial score (nSPS) is 12.7. The number of nitrogens with one attached hydrogen (secondary N) is 1. The van der Waals surface area contributed by atoms with Crippen molar-refractivity contribution in [3.05, 3.63) is 29.6 Å². The standard InChI is InChI=1S/C16H26FNO/c1-12(2)6-5-7-13(3)18-11-14-8-9-16(19-4)15(17)10-14/h8-10,12-13,18H,5-7,11H2,1-4H3. The van der Waals surface area contributed by atoms with Crippen LogP contribution in [0.15, 0.2) is 18.2 Å². The van der Waals surface area contributed by atoms with Gasteiger partial charge in [-0.1, -0.05) is 32.8 Å². The molecule has 0 heterocycles. The molecule has 19 heavy (non-hydrogen) atoms. The molecule has 1 N–H and O–H groups in total. The Morgan fingerprint density at radius 2 is 1.95 bits per heavy atom. The summed E-state index contributed by atoms with van der Waals surface area (Å²) in [6.07, 6.45) is 3.67. The first-order valence-corrected chi connectivity index (χ1v) is 7.08. The minimum Gasteiger partial charge on any atom is -0.494 e. The van der Waals surface area contributed by atoms with Crippen molar-refractivity contribution in [2.24, 2.45) is 5.92 Å². The summed E-state index contributed by atoms with van der Waals surface area (Å²) in [6.45, 7) is 7.38. The van der Waals surface area contributed by atoms with Crippen LogP contribution in [-0.4, -0.2) is 13.2 Å². The molecular formula is C16H26FNO. The largest absolute Gasteiger partial charge is 0.494 e. The number of hydrogen-bond donors (Lipinski definition) is 1. The highest BCUT2D eigenvalue weighted by molar-refractivity contribution is 5.29. The zero-order valence-electron chi connectivity index (χ0n) is 12.5. The number of hydrogen-bond acceptors (Lipinski definition) is 2. The van der Waals surface area contributed by atoms with Crippen LogP contribution >= 0.6 is 0 Å². The second kappa shape index (κ2) is 8.16. The fraction of sp³-hybridized carbons (Fsp3) is 0.625. The maximum Gasteiger partial charge on any atom is 0.165 e. The van der Waals surface area contributed by atoms with Crippen molar-refractivity contribution < 1.29 is 9.13 Å². The molecule has 0 aliphatic rings. The minimum atomic E-state index is -0.297. The highest BCUT2D eigenvalue weighted by Gasteiger charge is 2.06. The van der Waals surface area contributed by atoms with Crippen molar-refractivity contribution in [2.45, 2.75) is 52.6 Å². The van der Waals surface area contributed by atoms with E-state index in [1.165, 1.54) is 26.0 Å². The Morgan fingerprint density at radius 3 is 2.53 bits per heavy atom. The lowest BCUT2D eigenvalue weighted by Gasteiger charge is -2.15. The highest BCUT2D eigenvalue weighted by Crippen LogP contribution is 2.17. The number of methoxy groups -OCH3 is 1. The smallest absolute Gasteiger partial charge is 0.165 e. The summed E-state index contributed by atoms with van der Waals surface area (Å²) in [6, 6.07) is 5.57. The van der Waals surface area contributed by atoms with Crippen molar-refractivity contribution >= 4 is 0 Å². The van der Waals surface area contributed by atoms with Crippen LogP contribution in [0.25, 0.3) is 0 Å². The molecule has 0 aliphatic heterocycles. The molecule has 108 valence electrons. The molecule has 0 bridgehead atoms. The quantitative estimate of drug-likeness (QED) is 0.764. The lowest BCUT2D eigenvalue weighted by atomic mass is 10.0. The van der Waals surface area contributed by atoms with Gasteiger partial charge < -0.3 is 10.1 Å². The number of benzene rings is 1. The van der Waals surface area contributed by atoms with Gasteiger partial charge in [-0.3, -0.25) is 0 Å². The van der Waals surface area contributed by atoms with Gasteiger partial charge in [0, 0.05) is 12.6 Å². The molecule has 0 amide bonds. The fourth-order valence-corrected chi connectivity index (χ4v) is 2.05. The maximum atomic E-state index is 13.5. The summed E-state index contributed by atoms with van der Waals surface area (Å²) < 4.78 is 18.4. The molecule has 3 heteroatoms. The van der Waals surface area contributed by atoms with Crippen LogP contribution in [0.2, 0.25) is 0 Å². The third kappa shape index (κ3) is 6.06. The van der Waals surface area contributed by atoms with Gasteiger partial charge in [-0.15, -0.1) is 0 Å². The predicted octanol–water partition coefficient (Wildman–Crippen LogP) is 4.14. The summed E-state index contributed by atoms with van der Waals surface area (Å²) >= 11 is 0. The molecule has 0 saturated carbocycles. The highest BCUT2D eigenvalue weighted by atomic mass is 19.1. The summed E-state index contributed by atoms with van der Waals surface area (Å²) in [5, 5.41) is 3.43. The van der Waals surface area contributed by atoms with E-state index in [0.717, 1.165) is 17.9 Å². The fourth-order valence-electron chi connectivity index (χ4n) is 2.05. The molecule has 0 radical (unpaired) electrons. The number of halogens is 1. The zero-order valence-corrected chi connectivity index (χ0v) is 12.5. The zero-order chi connectivity index (χ0) is 14.3. The van der Waals surface area contributed by atoms with Crippen molar-refractivity contribution in [1.29, 1.82) is 0 Å². The van der Waals surface area contributed by atoms with E-state index in [1.807, 2.05) is 6.07 Å². The lowest BCUT2D eigenvalue weighted by molar-refractivity contribution is 0.385. The molecule has 0 aliphatic carbocycles. The van der Waals surface area contributed by atoms with E-state index in [4.69, 9.17) is 4.74 Å². The first-order valence-electron chi connectivity index (χ1n) is 7.08. The van der Waals surface area contributed by atoms with E-state index in [1.54, 1.807) is 6.07 Å². The van der Waals surface area contributed by atoms with Gasteiger partial charge in [-0.05, 0) is 37.0 Å². The van der Waals surface area contributed by atoms with Crippen LogP contribution in [-0.2, 0) is 6.54 Å². The Kier molecular flexibility index (Phi) is 6.85. The lowest BCUT2D eigenvalue weighted by Crippen LogP contribution is -2.25. The summed E-state index contributed by atoms with van der Waals surface area (Å²) in [5.41, 5.74) is 0.953. The van der Waals surface area contributed by atoms with E-state index in [0.29, 0.717) is 18.3 Å². The summed E-state index contributed by atoms with van der Waals surface area (Å²) in [7, 11) is 1.48. The van der Waals surface area contributed by atoms with Crippen LogP contribution in [0.4, 0.5) is 4.39 Å². The molecule has 2 nitrogen and oxygen atoms in total. The summed E-state index contributed by atoms with van der Waals surface area (Å²) in [5.74, 6) is 0.769. The van der Waals surface area contributed by atoms with Crippen LogP contribution < -0.4 is 10.1 Å². The molecule has 1 aromatic carbocycles. The van der Waals surface area contributed by atoms with E-state index in [9.17, 15) is 4.39 Å². The Labute approximate surface area is 116 Å². The number of ether oxygens (including phenoxy) is 1. The second-order valence-electron chi connectivity index (χ2n) is 5.58. The van der Waals surface area contributed by atoms with E-state index >= 15 is 0 Å². The van der Waals surface area contributed by atoms with Crippen LogP contribution in [0, 0.1) is 11.7 Å². The Hall–Kier alpha value is -1.09. The third-order valence-corrected chi connectivity index (χ3v) is 3.29. The van der Waals surface area contributed by atoms with Crippen molar-refractivity contribution in [1.82, 2.24) is 5.32 Å². The van der Waals surface area contributed by atoms with Gasteiger partial charge in [-0.2, -0.15) is 0 Å². The number of rotatable bonds is 8. The minimum absolute atomic E-state index is 0.297. The topological polar surface area (TPSA) is 21.3 Å².